The predicted molar refractivity (Wildman–Crippen MR) is 70.9 cm³/mol. The van der Waals surface area contributed by atoms with Crippen molar-refractivity contribution in [3.8, 4) is 0 Å². The van der Waals surface area contributed by atoms with Crippen LogP contribution < -0.4 is 5.73 Å². The minimum Gasteiger partial charge on any atom is -0.320 e. The Morgan fingerprint density at radius 3 is 2.50 bits per heavy atom. The smallest absolute Gasteiger partial charge is 0.128 e. The Balaban J connectivity index is 2.49. The van der Waals surface area contributed by atoms with Crippen LogP contribution in [0.2, 0.25) is 0 Å². The molecule has 0 saturated heterocycles. The number of aromatic nitrogens is 1. The fraction of sp³-hybridized carbons (Fsp3) is 0.267. The predicted octanol–water partition coefficient (Wildman–Crippen LogP) is 3.19. The summed E-state index contributed by atoms with van der Waals surface area (Å²) in [5.41, 5.74) is 10.3. The first-order chi connectivity index (χ1) is 8.49. The van der Waals surface area contributed by atoms with Crippen molar-refractivity contribution >= 4 is 0 Å². The lowest BCUT2D eigenvalue weighted by atomic mass is 9.94. The number of nitrogens with zero attached hydrogens (tertiary/aromatic N) is 1. The molecular weight excluding hydrogens is 227 g/mol. The van der Waals surface area contributed by atoms with Crippen molar-refractivity contribution in [2.45, 2.75) is 26.8 Å². The van der Waals surface area contributed by atoms with E-state index in [4.69, 9.17) is 5.73 Å². The van der Waals surface area contributed by atoms with Gasteiger partial charge < -0.3 is 5.73 Å². The monoisotopic (exact) mass is 244 g/mol. The summed E-state index contributed by atoms with van der Waals surface area (Å²) in [5.74, 6) is -0.241. The fourth-order valence-electron chi connectivity index (χ4n) is 2.25. The average Bonchev–Trinajstić information content (AvgIpc) is 2.27. The van der Waals surface area contributed by atoms with Gasteiger partial charge in [0, 0.05) is 17.5 Å². The third kappa shape index (κ3) is 2.41. The van der Waals surface area contributed by atoms with Gasteiger partial charge in [0.05, 0.1) is 6.04 Å². The highest BCUT2D eigenvalue weighted by Gasteiger charge is 2.16. The largest absolute Gasteiger partial charge is 0.320 e. The lowest BCUT2D eigenvalue weighted by Crippen LogP contribution is -2.15. The number of aryl methyl sites for hydroxylation is 3. The zero-order chi connectivity index (χ0) is 13.3. The molecule has 0 fully saturated rings. The zero-order valence-electron chi connectivity index (χ0n) is 10.9. The summed E-state index contributed by atoms with van der Waals surface area (Å²) in [6.07, 6.45) is 1.70. The molecule has 0 bridgehead atoms. The van der Waals surface area contributed by atoms with E-state index in [1.165, 1.54) is 6.07 Å². The molecule has 2 aromatic rings. The van der Waals surface area contributed by atoms with Gasteiger partial charge in [-0.3, -0.25) is 4.98 Å². The van der Waals surface area contributed by atoms with Gasteiger partial charge in [0.25, 0.3) is 0 Å². The number of pyridine rings is 1. The van der Waals surface area contributed by atoms with Crippen molar-refractivity contribution in [2.24, 2.45) is 5.73 Å². The van der Waals surface area contributed by atoms with Crippen LogP contribution in [0.4, 0.5) is 4.39 Å². The minimum absolute atomic E-state index is 0.241. The van der Waals surface area contributed by atoms with Crippen molar-refractivity contribution in [3.05, 3.63) is 64.2 Å². The van der Waals surface area contributed by atoms with Crippen LogP contribution in [0.25, 0.3) is 0 Å². The third-order valence-corrected chi connectivity index (χ3v) is 3.07. The van der Waals surface area contributed by atoms with Crippen LogP contribution in [0.5, 0.6) is 0 Å². The molecule has 1 unspecified atom stereocenters. The number of benzene rings is 1. The molecule has 18 heavy (non-hydrogen) atoms. The van der Waals surface area contributed by atoms with Crippen molar-refractivity contribution < 1.29 is 4.39 Å². The van der Waals surface area contributed by atoms with Crippen LogP contribution in [-0.2, 0) is 0 Å². The molecule has 2 rings (SSSR count). The number of rotatable bonds is 2. The van der Waals surface area contributed by atoms with E-state index in [0.717, 1.165) is 22.4 Å². The Bertz CT molecular complexity index is 555. The molecule has 0 spiro atoms. The first-order valence-electron chi connectivity index (χ1n) is 5.94. The summed E-state index contributed by atoms with van der Waals surface area (Å²) in [5, 5.41) is 0. The first kappa shape index (κ1) is 12.7. The topological polar surface area (TPSA) is 38.9 Å². The van der Waals surface area contributed by atoms with Gasteiger partial charge in [0.1, 0.15) is 5.82 Å². The highest BCUT2D eigenvalue weighted by Crippen LogP contribution is 2.26. The lowest BCUT2D eigenvalue weighted by Gasteiger charge is -2.17. The van der Waals surface area contributed by atoms with Crippen LogP contribution in [0.3, 0.4) is 0 Å². The maximum Gasteiger partial charge on any atom is 0.128 e. The average molecular weight is 244 g/mol. The van der Waals surface area contributed by atoms with Gasteiger partial charge >= 0.3 is 0 Å². The van der Waals surface area contributed by atoms with Crippen molar-refractivity contribution in [3.63, 3.8) is 0 Å². The van der Waals surface area contributed by atoms with Gasteiger partial charge in [-0.05, 0) is 55.7 Å². The number of nitrogens with two attached hydrogens (primary N) is 1. The van der Waals surface area contributed by atoms with Crippen LogP contribution in [0.15, 0.2) is 30.5 Å². The van der Waals surface area contributed by atoms with E-state index in [1.807, 2.05) is 39.0 Å². The van der Waals surface area contributed by atoms with Gasteiger partial charge in [-0.1, -0.05) is 6.07 Å². The van der Waals surface area contributed by atoms with Crippen LogP contribution >= 0.6 is 0 Å². The molecule has 0 radical (unpaired) electrons. The fourth-order valence-corrected chi connectivity index (χ4v) is 2.25. The molecule has 1 atom stereocenters. The molecule has 0 aliphatic carbocycles. The molecule has 1 heterocycles. The molecule has 0 saturated carbocycles. The first-order valence-corrected chi connectivity index (χ1v) is 5.94. The van der Waals surface area contributed by atoms with E-state index >= 15 is 0 Å². The van der Waals surface area contributed by atoms with Gasteiger partial charge in [0.15, 0.2) is 0 Å². The van der Waals surface area contributed by atoms with E-state index in [1.54, 1.807) is 6.20 Å². The third-order valence-electron chi connectivity index (χ3n) is 3.07. The van der Waals surface area contributed by atoms with Crippen molar-refractivity contribution in [2.75, 3.05) is 0 Å². The Labute approximate surface area is 107 Å². The summed E-state index contributed by atoms with van der Waals surface area (Å²) in [4.78, 5) is 4.13. The summed E-state index contributed by atoms with van der Waals surface area (Å²) in [6, 6.07) is 6.75. The molecular formula is C15H17FN2. The molecule has 0 amide bonds. The molecule has 0 aliphatic heterocycles. The Hall–Kier alpha value is -1.74. The maximum atomic E-state index is 14.1. The van der Waals surface area contributed by atoms with E-state index in [0.29, 0.717) is 5.56 Å². The Morgan fingerprint density at radius 2 is 1.89 bits per heavy atom. The second-order valence-electron chi connectivity index (χ2n) is 4.69. The van der Waals surface area contributed by atoms with Gasteiger partial charge in [-0.2, -0.15) is 0 Å². The summed E-state index contributed by atoms with van der Waals surface area (Å²) in [7, 11) is 0. The van der Waals surface area contributed by atoms with Crippen molar-refractivity contribution in [1.82, 2.24) is 4.98 Å². The molecule has 0 aliphatic rings. The summed E-state index contributed by atoms with van der Waals surface area (Å²) >= 11 is 0. The van der Waals surface area contributed by atoms with Crippen LogP contribution in [-0.4, -0.2) is 4.98 Å². The molecule has 1 aromatic carbocycles. The van der Waals surface area contributed by atoms with E-state index in [9.17, 15) is 4.39 Å². The summed E-state index contributed by atoms with van der Waals surface area (Å²) < 4.78 is 14.1. The normalized spacial score (nSPS) is 12.5. The Kier molecular flexibility index (Phi) is 3.43. The SMILES string of the molecule is Cc1cc(C)c(C(N)c2ccnc(C)c2)c(F)c1. The summed E-state index contributed by atoms with van der Waals surface area (Å²) in [6.45, 7) is 5.66. The molecule has 94 valence electrons. The molecule has 3 heteroatoms. The molecule has 2 N–H and O–H groups in total. The second kappa shape index (κ2) is 4.86. The van der Waals surface area contributed by atoms with Crippen molar-refractivity contribution in [1.29, 1.82) is 0 Å². The number of hydrogen-bond acceptors (Lipinski definition) is 2. The minimum atomic E-state index is -0.452. The number of hydrogen-bond donors (Lipinski definition) is 1. The van der Waals surface area contributed by atoms with E-state index < -0.39 is 6.04 Å². The molecule has 2 nitrogen and oxygen atoms in total. The van der Waals surface area contributed by atoms with Crippen LogP contribution in [0, 0.1) is 26.6 Å². The Morgan fingerprint density at radius 1 is 1.17 bits per heavy atom. The second-order valence-corrected chi connectivity index (χ2v) is 4.69. The molecule has 1 aromatic heterocycles. The lowest BCUT2D eigenvalue weighted by molar-refractivity contribution is 0.596. The van der Waals surface area contributed by atoms with Gasteiger partial charge in [0.2, 0.25) is 0 Å². The van der Waals surface area contributed by atoms with Crippen LogP contribution in [0.1, 0.15) is 34.0 Å². The van der Waals surface area contributed by atoms with E-state index in [-0.39, 0.29) is 5.82 Å². The van der Waals surface area contributed by atoms with E-state index in [2.05, 4.69) is 4.98 Å². The maximum absolute atomic E-state index is 14.1. The quantitative estimate of drug-likeness (QED) is 0.881. The van der Waals surface area contributed by atoms with Gasteiger partial charge in [-0.25, -0.2) is 4.39 Å². The standard InChI is InChI=1S/C15H17FN2/c1-9-6-10(2)14(13(16)7-9)15(17)12-4-5-18-11(3)8-12/h4-8,15H,17H2,1-3H3. The van der Waals surface area contributed by atoms with Gasteiger partial charge in [-0.15, -0.1) is 0 Å². The number of halogens is 1. The highest BCUT2D eigenvalue weighted by molar-refractivity contribution is 5.39. The zero-order valence-corrected chi connectivity index (χ0v) is 10.9. The highest BCUT2D eigenvalue weighted by atomic mass is 19.1.